The third kappa shape index (κ3) is 3.85. The summed E-state index contributed by atoms with van der Waals surface area (Å²) in [6.07, 6.45) is 0. The fourth-order valence-corrected chi connectivity index (χ4v) is 4.76. The maximum atomic E-state index is 12.2. The minimum absolute atomic E-state index is 0.101. The van der Waals surface area contributed by atoms with Gasteiger partial charge in [-0.15, -0.1) is 0 Å². The summed E-state index contributed by atoms with van der Waals surface area (Å²) in [6, 6.07) is 15.8. The molecule has 7 nitrogen and oxygen atoms in total. The van der Waals surface area contributed by atoms with Crippen LogP contribution in [0.15, 0.2) is 48.5 Å². The van der Waals surface area contributed by atoms with Gasteiger partial charge in [0.25, 0.3) is 0 Å². The molecule has 0 bridgehead atoms. The standard InChI is InChI=1S/C21H23IN4O3/c1-23-20(27)14-26(21(23)28)17-5-3-16(4-6-17)25-12-11-24(13-19(25)22)15-7-9-18(29-2)10-8-15/h3-10,19H,11-14H2,1-2H3. The Morgan fingerprint density at radius 1 is 0.931 bits per heavy atom. The smallest absolute Gasteiger partial charge is 0.331 e. The number of hydrogen-bond acceptors (Lipinski definition) is 5. The molecule has 0 radical (unpaired) electrons. The first kappa shape index (κ1) is 19.8. The number of alkyl halides is 1. The molecule has 3 amide bonds. The monoisotopic (exact) mass is 506 g/mol. The zero-order chi connectivity index (χ0) is 20.5. The summed E-state index contributed by atoms with van der Waals surface area (Å²) < 4.78 is 5.56. The highest BCUT2D eigenvalue weighted by Crippen LogP contribution is 2.30. The molecule has 1 atom stereocenters. The Bertz CT molecular complexity index is 903. The van der Waals surface area contributed by atoms with E-state index in [1.165, 1.54) is 17.6 Å². The van der Waals surface area contributed by atoms with Crippen LogP contribution in [0.3, 0.4) is 0 Å². The number of imide groups is 1. The molecule has 0 saturated carbocycles. The third-order valence-electron chi connectivity index (χ3n) is 5.44. The van der Waals surface area contributed by atoms with Gasteiger partial charge in [-0.05, 0) is 48.5 Å². The minimum Gasteiger partial charge on any atom is -0.497 e. The molecular formula is C21H23IN4O3. The highest BCUT2D eigenvalue weighted by Gasteiger charge is 2.34. The molecule has 2 aliphatic rings. The van der Waals surface area contributed by atoms with E-state index < -0.39 is 0 Å². The Balaban J connectivity index is 1.43. The zero-order valence-electron chi connectivity index (χ0n) is 16.4. The summed E-state index contributed by atoms with van der Waals surface area (Å²) in [6.45, 7) is 2.85. The Hall–Kier alpha value is -2.49. The largest absolute Gasteiger partial charge is 0.497 e. The second-order valence-electron chi connectivity index (χ2n) is 7.11. The van der Waals surface area contributed by atoms with Crippen LogP contribution in [0.1, 0.15) is 0 Å². The number of benzene rings is 2. The number of urea groups is 1. The number of nitrogens with zero attached hydrogens (tertiary/aromatic N) is 4. The fourth-order valence-electron chi connectivity index (χ4n) is 3.68. The fraction of sp³-hybridized carbons (Fsp3) is 0.333. The van der Waals surface area contributed by atoms with Gasteiger partial charge >= 0.3 is 6.03 Å². The van der Waals surface area contributed by atoms with Gasteiger partial charge in [-0.3, -0.25) is 14.6 Å². The molecule has 8 heteroatoms. The minimum atomic E-state index is -0.275. The summed E-state index contributed by atoms with van der Waals surface area (Å²) in [5, 5.41) is 0. The van der Waals surface area contributed by atoms with Crippen LogP contribution in [-0.4, -0.2) is 61.2 Å². The van der Waals surface area contributed by atoms with E-state index in [4.69, 9.17) is 4.74 Å². The Kier molecular flexibility index (Phi) is 5.53. The predicted octanol–water partition coefficient (Wildman–Crippen LogP) is 3.18. The van der Waals surface area contributed by atoms with Crippen molar-refractivity contribution in [2.24, 2.45) is 0 Å². The molecule has 0 spiro atoms. The van der Waals surface area contributed by atoms with Crippen molar-refractivity contribution in [1.82, 2.24) is 4.90 Å². The second kappa shape index (κ2) is 8.10. The molecule has 2 aromatic rings. The number of halogens is 1. The number of ether oxygens (including phenoxy) is 1. The van der Waals surface area contributed by atoms with Crippen molar-refractivity contribution in [3.8, 4) is 5.75 Å². The van der Waals surface area contributed by atoms with Gasteiger partial charge < -0.3 is 14.5 Å². The summed E-state index contributed by atoms with van der Waals surface area (Å²) in [5.41, 5.74) is 3.07. The molecule has 2 heterocycles. The van der Waals surface area contributed by atoms with E-state index in [1.54, 1.807) is 7.11 Å². The lowest BCUT2D eigenvalue weighted by atomic mass is 10.2. The number of hydrogen-bond donors (Lipinski definition) is 0. The predicted molar refractivity (Wildman–Crippen MR) is 122 cm³/mol. The van der Waals surface area contributed by atoms with Crippen molar-refractivity contribution in [3.63, 3.8) is 0 Å². The molecular weight excluding hydrogens is 483 g/mol. The number of carbonyl (C=O) groups excluding carboxylic acids is 2. The van der Waals surface area contributed by atoms with Crippen molar-refractivity contribution >= 4 is 51.6 Å². The highest BCUT2D eigenvalue weighted by molar-refractivity contribution is 14.1. The van der Waals surface area contributed by atoms with Crippen LogP contribution in [0.25, 0.3) is 0 Å². The van der Waals surface area contributed by atoms with Gasteiger partial charge in [0.2, 0.25) is 5.91 Å². The van der Waals surface area contributed by atoms with Crippen LogP contribution in [0.2, 0.25) is 0 Å². The van der Waals surface area contributed by atoms with E-state index >= 15 is 0 Å². The number of methoxy groups -OCH3 is 1. The van der Waals surface area contributed by atoms with Gasteiger partial charge in [0.15, 0.2) is 0 Å². The third-order valence-corrected chi connectivity index (χ3v) is 6.50. The summed E-state index contributed by atoms with van der Waals surface area (Å²) in [4.78, 5) is 31.3. The number of piperazine rings is 1. The van der Waals surface area contributed by atoms with Gasteiger partial charge in [0.1, 0.15) is 12.3 Å². The maximum absolute atomic E-state index is 12.2. The summed E-state index contributed by atoms with van der Waals surface area (Å²) in [5.74, 6) is 0.684. The molecule has 4 rings (SSSR count). The molecule has 0 aromatic heterocycles. The topological polar surface area (TPSA) is 56.3 Å². The summed E-state index contributed by atoms with van der Waals surface area (Å²) >= 11 is 2.48. The van der Waals surface area contributed by atoms with Crippen molar-refractivity contribution in [1.29, 1.82) is 0 Å². The Morgan fingerprint density at radius 3 is 2.10 bits per heavy atom. The first-order valence-corrected chi connectivity index (χ1v) is 10.7. The van der Waals surface area contributed by atoms with E-state index in [0.717, 1.165) is 41.7 Å². The first-order chi connectivity index (χ1) is 14.0. The Morgan fingerprint density at radius 2 is 1.55 bits per heavy atom. The number of carbonyl (C=O) groups is 2. The van der Waals surface area contributed by atoms with E-state index in [9.17, 15) is 9.59 Å². The van der Waals surface area contributed by atoms with Crippen molar-refractivity contribution < 1.29 is 14.3 Å². The molecule has 1 unspecified atom stereocenters. The van der Waals surface area contributed by atoms with Crippen LogP contribution in [0, 0.1) is 0 Å². The molecule has 2 aliphatic heterocycles. The van der Waals surface area contributed by atoms with Crippen molar-refractivity contribution in [2.45, 2.75) is 4.05 Å². The zero-order valence-corrected chi connectivity index (χ0v) is 18.6. The number of rotatable bonds is 4. The Labute approximate surface area is 183 Å². The second-order valence-corrected chi connectivity index (χ2v) is 8.55. The van der Waals surface area contributed by atoms with Gasteiger partial charge in [-0.2, -0.15) is 0 Å². The number of amides is 3. The first-order valence-electron chi connectivity index (χ1n) is 9.46. The lowest BCUT2D eigenvalue weighted by Crippen LogP contribution is -2.50. The highest BCUT2D eigenvalue weighted by atomic mass is 127. The normalized spacial score (nSPS) is 19.9. The SMILES string of the molecule is COc1ccc(N2CCN(c3ccc(N4CC(=O)N(C)C4=O)cc3)C(I)C2)cc1. The van der Waals surface area contributed by atoms with Crippen LogP contribution < -0.4 is 19.4 Å². The average molecular weight is 506 g/mol. The van der Waals surface area contributed by atoms with Gasteiger partial charge in [-0.25, -0.2) is 4.79 Å². The average Bonchev–Trinajstić information content (AvgIpc) is 3.01. The van der Waals surface area contributed by atoms with Crippen LogP contribution in [0.4, 0.5) is 21.9 Å². The lowest BCUT2D eigenvalue weighted by Gasteiger charge is -2.41. The van der Waals surface area contributed by atoms with Crippen molar-refractivity contribution in [2.75, 3.05) is 55.0 Å². The van der Waals surface area contributed by atoms with E-state index in [1.807, 2.05) is 36.4 Å². The van der Waals surface area contributed by atoms with Crippen LogP contribution in [0.5, 0.6) is 5.75 Å². The molecule has 0 N–H and O–H groups in total. The lowest BCUT2D eigenvalue weighted by molar-refractivity contribution is -0.123. The molecule has 2 fully saturated rings. The molecule has 152 valence electrons. The van der Waals surface area contributed by atoms with Crippen LogP contribution >= 0.6 is 22.6 Å². The van der Waals surface area contributed by atoms with E-state index in [-0.39, 0.29) is 18.5 Å². The van der Waals surface area contributed by atoms with Crippen LogP contribution in [-0.2, 0) is 4.79 Å². The van der Waals surface area contributed by atoms with Crippen molar-refractivity contribution in [3.05, 3.63) is 48.5 Å². The maximum Gasteiger partial charge on any atom is 0.331 e. The molecule has 2 saturated heterocycles. The number of likely N-dealkylation sites (N-methyl/N-ethyl adjacent to an activating group) is 1. The van der Waals surface area contributed by atoms with E-state index in [0.29, 0.717) is 4.05 Å². The molecule has 29 heavy (non-hydrogen) atoms. The quantitative estimate of drug-likeness (QED) is 0.276. The van der Waals surface area contributed by atoms with E-state index in [2.05, 4.69) is 44.5 Å². The van der Waals surface area contributed by atoms with Gasteiger partial charge in [0, 0.05) is 43.7 Å². The molecule has 2 aromatic carbocycles. The van der Waals surface area contributed by atoms with Gasteiger partial charge in [0.05, 0.1) is 11.2 Å². The summed E-state index contributed by atoms with van der Waals surface area (Å²) in [7, 11) is 3.19. The molecule has 0 aliphatic carbocycles. The number of anilines is 3. The van der Waals surface area contributed by atoms with Gasteiger partial charge in [-0.1, -0.05) is 22.6 Å².